The van der Waals surface area contributed by atoms with Crippen LogP contribution in [0.2, 0.25) is 0 Å². The summed E-state index contributed by atoms with van der Waals surface area (Å²) in [5, 5.41) is 26.8. The molecule has 290 valence electrons. The van der Waals surface area contributed by atoms with Crippen molar-refractivity contribution in [1.82, 2.24) is 4.90 Å². The van der Waals surface area contributed by atoms with E-state index in [1.54, 1.807) is 0 Å². The summed E-state index contributed by atoms with van der Waals surface area (Å²) in [6.45, 7) is -4.98. The van der Waals surface area contributed by atoms with Gasteiger partial charge in [-0.2, -0.15) is 110 Å². The molecule has 0 heterocycles. The van der Waals surface area contributed by atoms with E-state index in [0.717, 1.165) is 0 Å². The van der Waals surface area contributed by atoms with Crippen LogP contribution in [-0.4, -0.2) is 130 Å². The highest BCUT2D eigenvalue weighted by atomic mass is 19.4. The topological polar surface area (TPSA) is 63.9 Å². The second-order valence-electron chi connectivity index (χ2n) is 9.55. The molecule has 0 aromatic heterocycles. The fraction of sp³-hybridized carbons (Fsp3) is 1.00. The second-order valence-corrected chi connectivity index (χ2v) is 9.55. The number of halogens is 25. The first-order chi connectivity index (χ1) is 20.6. The highest BCUT2D eigenvalue weighted by molar-refractivity contribution is 5.19. The first-order valence-electron chi connectivity index (χ1n) is 11.5. The molecule has 0 saturated heterocycles. The Bertz CT molecular complexity index is 1080. The molecule has 0 aromatic carbocycles. The second kappa shape index (κ2) is 13.0. The lowest BCUT2D eigenvalue weighted by Gasteiger charge is -2.45. The number of alkyl halides is 25. The lowest BCUT2D eigenvalue weighted by molar-refractivity contribution is -0.482. The third kappa shape index (κ3) is 6.52. The first kappa shape index (κ1) is 46.1. The van der Waals surface area contributed by atoms with Crippen LogP contribution in [0.15, 0.2) is 0 Å². The fourth-order valence-corrected chi connectivity index (χ4v) is 3.35. The number of aliphatic hydroxyl groups excluding tert-OH is 3. The summed E-state index contributed by atoms with van der Waals surface area (Å²) < 4.78 is 337. The van der Waals surface area contributed by atoms with Gasteiger partial charge in [0.05, 0.1) is 19.3 Å². The number of rotatable bonds is 18. The Hall–Kier alpha value is -1.91. The summed E-state index contributed by atoms with van der Waals surface area (Å²) in [4.78, 5) is 0.451. The van der Waals surface area contributed by atoms with Crippen LogP contribution in [0.5, 0.6) is 0 Å². The lowest BCUT2D eigenvalue weighted by atomic mass is 9.84. The van der Waals surface area contributed by atoms with E-state index in [1.165, 1.54) is 0 Å². The molecule has 0 saturated carbocycles. The van der Waals surface area contributed by atoms with Crippen LogP contribution >= 0.6 is 0 Å². The minimum atomic E-state index is -9.66. The molecule has 3 N–H and O–H groups in total. The molecule has 0 spiro atoms. The molecule has 1 atom stereocenters. The Labute approximate surface area is 248 Å². The first-order valence-corrected chi connectivity index (χ1v) is 11.5. The van der Waals surface area contributed by atoms with E-state index in [4.69, 9.17) is 10.2 Å². The van der Waals surface area contributed by atoms with Gasteiger partial charge in [0.1, 0.15) is 0 Å². The molecule has 48 heavy (non-hydrogen) atoms. The normalized spacial score (nSPS) is 16.9. The Morgan fingerprint density at radius 3 is 0.833 bits per heavy atom. The number of hydrogen-bond donors (Lipinski definition) is 3. The van der Waals surface area contributed by atoms with Gasteiger partial charge in [-0.1, -0.05) is 0 Å². The average Bonchev–Trinajstić information content (AvgIpc) is 2.86. The highest BCUT2D eigenvalue weighted by Gasteiger charge is 2.99. The third-order valence-electron chi connectivity index (χ3n) is 6.16. The predicted octanol–water partition coefficient (Wildman–Crippen LogP) is 6.57. The zero-order valence-electron chi connectivity index (χ0n) is 22.1. The molecule has 0 aliphatic heterocycles. The molecule has 0 aromatic rings. The van der Waals surface area contributed by atoms with Crippen molar-refractivity contribution in [3.05, 3.63) is 0 Å². The zero-order chi connectivity index (χ0) is 39.4. The smallest absolute Gasteiger partial charge is 0.395 e. The standard InChI is InChI=1S/C19H16F25NO3/c20-8(21,5-7(48)6-45(1-3-46)2-4-47)9(22,23)10(24,25)11(26,27)12(28,29)13(30,31)14(32,33)15(34,35)16(36,37)17(38,39)18(40,41)19(42,43)44/h7,46-48H,1-6H2. The van der Waals surface area contributed by atoms with Gasteiger partial charge in [0.25, 0.3) is 0 Å². The number of aliphatic hydroxyl groups is 3. The quantitative estimate of drug-likeness (QED) is 0.138. The Balaban J connectivity index is 7.08. The molecule has 0 amide bonds. The van der Waals surface area contributed by atoms with Gasteiger partial charge in [-0.25, -0.2) is 0 Å². The molecule has 29 heteroatoms. The van der Waals surface area contributed by atoms with E-state index in [1.807, 2.05) is 0 Å². The Morgan fingerprint density at radius 1 is 0.375 bits per heavy atom. The maximum Gasteiger partial charge on any atom is 0.460 e. The van der Waals surface area contributed by atoms with Gasteiger partial charge in [0, 0.05) is 26.1 Å². The Morgan fingerprint density at radius 2 is 0.604 bits per heavy atom. The fourth-order valence-electron chi connectivity index (χ4n) is 3.35. The SMILES string of the molecule is OCCN(CCO)CC(O)CC(F)(F)C(F)(F)C(F)(F)C(F)(F)C(F)(F)C(F)(F)C(F)(F)C(F)(F)C(F)(F)C(F)(F)C(F)(F)C(F)(F)F. The number of nitrogens with zero attached hydrogens (tertiary/aromatic N) is 1. The monoisotopic (exact) mass is 781 g/mol. The van der Waals surface area contributed by atoms with Crippen molar-refractivity contribution in [3.8, 4) is 0 Å². The summed E-state index contributed by atoms with van der Waals surface area (Å²) in [6.07, 6.45) is -14.7. The summed E-state index contributed by atoms with van der Waals surface area (Å²) in [5.41, 5.74) is 0. The van der Waals surface area contributed by atoms with Crippen LogP contribution in [0.4, 0.5) is 110 Å². The molecule has 4 nitrogen and oxygen atoms in total. The van der Waals surface area contributed by atoms with Gasteiger partial charge in [-0.3, -0.25) is 4.90 Å². The number of hydrogen-bond acceptors (Lipinski definition) is 4. The molecular weight excluding hydrogens is 765 g/mol. The average molecular weight is 781 g/mol. The summed E-state index contributed by atoms with van der Waals surface area (Å²) in [6, 6.07) is 0. The zero-order valence-corrected chi connectivity index (χ0v) is 22.1. The van der Waals surface area contributed by atoms with Gasteiger partial charge in [0.2, 0.25) is 0 Å². The van der Waals surface area contributed by atoms with Crippen LogP contribution in [0.3, 0.4) is 0 Å². The van der Waals surface area contributed by atoms with E-state index < -0.39 is 117 Å². The van der Waals surface area contributed by atoms with Crippen LogP contribution < -0.4 is 0 Å². The van der Waals surface area contributed by atoms with Gasteiger partial charge in [-0.05, 0) is 0 Å². The molecule has 1 unspecified atom stereocenters. The van der Waals surface area contributed by atoms with Crippen molar-refractivity contribution in [3.63, 3.8) is 0 Å². The molecule has 0 aliphatic carbocycles. The predicted molar refractivity (Wildman–Crippen MR) is 102 cm³/mol. The van der Waals surface area contributed by atoms with E-state index in [0.29, 0.717) is 4.90 Å². The van der Waals surface area contributed by atoms with Gasteiger partial charge >= 0.3 is 71.3 Å². The minimum absolute atomic E-state index is 0.451. The largest absolute Gasteiger partial charge is 0.460 e. The summed E-state index contributed by atoms with van der Waals surface area (Å²) in [7, 11) is 0. The van der Waals surface area contributed by atoms with E-state index in [-0.39, 0.29) is 0 Å². The summed E-state index contributed by atoms with van der Waals surface area (Å²) in [5.74, 6) is -99.4. The molecule has 0 fully saturated rings. The van der Waals surface area contributed by atoms with Crippen LogP contribution in [0, 0.1) is 0 Å². The summed E-state index contributed by atoms with van der Waals surface area (Å²) >= 11 is 0. The van der Waals surface area contributed by atoms with Crippen molar-refractivity contribution in [2.24, 2.45) is 0 Å². The van der Waals surface area contributed by atoms with Gasteiger partial charge in [0.15, 0.2) is 0 Å². The van der Waals surface area contributed by atoms with Crippen LogP contribution in [0.1, 0.15) is 6.42 Å². The van der Waals surface area contributed by atoms with Crippen molar-refractivity contribution in [2.45, 2.75) is 83.8 Å². The third-order valence-corrected chi connectivity index (χ3v) is 6.16. The van der Waals surface area contributed by atoms with E-state index >= 15 is 0 Å². The lowest BCUT2D eigenvalue weighted by Crippen LogP contribution is -2.78. The maximum absolute atomic E-state index is 14.0. The minimum Gasteiger partial charge on any atom is -0.395 e. The molecule has 0 rings (SSSR count). The van der Waals surface area contributed by atoms with Gasteiger partial charge in [-0.15, -0.1) is 0 Å². The van der Waals surface area contributed by atoms with Crippen molar-refractivity contribution >= 4 is 0 Å². The van der Waals surface area contributed by atoms with E-state index in [2.05, 4.69) is 0 Å². The van der Waals surface area contributed by atoms with Crippen LogP contribution in [-0.2, 0) is 0 Å². The van der Waals surface area contributed by atoms with Crippen LogP contribution in [0.25, 0.3) is 0 Å². The Kier molecular flexibility index (Phi) is 12.5. The van der Waals surface area contributed by atoms with E-state index in [9.17, 15) is 115 Å². The molecular formula is C19H16F25NO3. The molecule has 0 aliphatic rings. The van der Waals surface area contributed by atoms with Crippen molar-refractivity contribution in [2.75, 3.05) is 32.8 Å². The molecule has 0 radical (unpaired) electrons. The maximum atomic E-state index is 14.0. The van der Waals surface area contributed by atoms with Crippen molar-refractivity contribution in [1.29, 1.82) is 0 Å². The highest BCUT2D eigenvalue weighted by Crippen LogP contribution is 2.67. The van der Waals surface area contributed by atoms with Crippen molar-refractivity contribution < 1.29 is 125 Å². The van der Waals surface area contributed by atoms with Gasteiger partial charge < -0.3 is 15.3 Å². The molecule has 0 bridgehead atoms.